The Balaban J connectivity index is 2.58. The topological polar surface area (TPSA) is 59.3 Å². The summed E-state index contributed by atoms with van der Waals surface area (Å²) < 4.78 is 1.87. The maximum absolute atomic E-state index is 12.1. The molecule has 1 heterocycles. The highest BCUT2D eigenvalue weighted by atomic mass is 16.4. The Morgan fingerprint density at radius 1 is 1.26 bits per heavy atom. The molecular weight excluding hydrogens is 242 g/mol. The van der Waals surface area contributed by atoms with E-state index in [4.69, 9.17) is 5.11 Å². The number of carbonyl (C=O) groups is 1. The Bertz CT molecular complexity index is 658. The van der Waals surface area contributed by atoms with Crippen LogP contribution in [0.15, 0.2) is 35.3 Å². The van der Waals surface area contributed by atoms with Crippen molar-refractivity contribution in [2.75, 3.05) is 0 Å². The number of aromatic nitrogens is 1. The molecule has 0 saturated heterocycles. The average molecular weight is 259 g/mol. The van der Waals surface area contributed by atoms with Crippen molar-refractivity contribution in [3.8, 4) is 0 Å². The number of aromatic carboxylic acids is 1. The van der Waals surface area contributed by atoms with E-state index in [0.717, 1.165) is 31.3 Å². The van der Waals surface area contributed by atoms with E-state index in [0.29, 0.717) is 5.39 Å². The van der Waals surface area contributed by atoms with E-state index in [9.17, 15) is 9.59 Å². The van der Waals surface area contributed by atoms with Crippen LogP contribution in [0.2, 0.25) is 0 Å². The lowest BCUT2D eigenvalue weighted by molar-refractivity contribution is 0.0695. The normalized spacial score (nSPS) is 10.8. The summed E-state index contributed by atoms with van der Waals surface area (Å²) in [6.45, 7) is 2.85. The first-order chi connectivity index (χ1) is 9.15. The number of hydrogen-bond acceptors (Lipinski definition) is 2. The number of pyridine rings is 1. The molecule has 0 aliphatic heterocycles. The summed E-state index contributed by atoms with van der Waals surface area (Å²) in [5, 5.41) is 9.58. The summed E-state index contributed by atoms with van der Waals surface area (Å²) in [6.07, 6.45) is 4.62. The summed E-state index contributed by atoms with van der Waals surface area (Å²) in [5.74, 6) is -1.17. The van der Waals surface area contributed by atoms with Crippen molar-refractivity contribution in [1.82, 2.24) is 4.57 Å². The van der Waals surface area contributed by atoms with Crippen molar-refractivity contribution in [3.63, 3.8) is 0 Å². The molecule has 1 aromatic carbocycles. The number of carboxylic acids is 1. The summed E-state index contributed by atoms with van der Waals surface area (Å²) in [7, 11) is 0. The molecule has 1 N–H and O–H groups in total. The minimum Gasteiger partial charge on any atom is -0.477 e. The van der Waals surface area contributed by atoms with Crippen molar-refractivity contribution in [1.29, 1.82) is 0 Å². The number of fused-ring (bicyclic) bond motifs is 1. The highest BCUT2D eigenvalue weighted by Gasteiger charge is 2.13. The zero-order chi connectivity index (χ0) is 13.8. The molecule has 0 aliphatic rings. The maximum Gasteiger partial charge on any atom is 0.341 e. The lowest BCUT2D eigenvalue weighted by Crippen LogP contribution is -2.19. The molecule has 0 atom stereocenters. The highest BCUT2D eigenvalue weighted by Crippen LogP contribution is 2.13. The molecule has 2 rings (SSSR count). The minimum atomic E-state index is -1.17. The van der Waals surface area contributed by atoms with E-state index in [-0.39, 0.29) is 5.56 Å². The molecule has 0 aliphatic carbocycles. The van der Waals surface area contributed by atoms with Crippen molar-refractivity contribution in [3.05, 3.63) is 46.2 Å². The quantitative estimate of drug-likeness (QED) is 0.840. The van der Waals surface area contributed by atoms with Crippen LogP contribution in [0.4, 0.5) is 0 Å². The van der Waals surface area contributed by atoms with Gasteiger partial charge in [0.2, 0.25) is 5.43 Å². The van der Waals surface area contributed by atoms with Gasteiger partial charge in [-0.15, -0.1) is 0 Å². The zero-order valence-electron chi connectivity index (χ0n) is 10.9. The molecule has 0 radical (unpaired) electrons. The molecule has 0 bridgehead atoms. The van der Waals surface area contributed by atoms with Gasteiger partial charge in [0.05, 0.1) is 5.52 Å². The van der Waals surface area contributed by atoms with Gasteiger partial charge in [0.1, 0.15) is 5.56 Å². The van der Waals surface area contributed by atoms with Gasteiger partial charge < -0.3 is 9.67 Å². The second kappa shape index (κ2) is 5.69. The Labute approximate surface area is 111 Å². The number of nitrogens with zero attached hydrogens (tertiary/aromatic N) is 1. The van der Waals surface area contributed by atoms with E-state index in [1.54, 1.807) is 12.1 Å². The van der Waals surface area contributed by atoms with Crippen LogP contribution in [0.25, 0.3) is 10.9 Å². The summed E-state index contributed by atoms with van der Waals surface area (Å²) in [5.41, 5.74) is 0.235. The molecule has 0 fully saturated rings. The first-order valence-electron chi connectivity index (χ1n) is 6.50. The van der Waals surface area contributed by atoms with E-state index in [2.05, 4.69) is 6.92 Å². The van der Waals surface area contributed by atoms with Gasteiger partial charge in [0, 0.05) is 18.1 Å². The van der Waals surface area contributed by atoms with Gasteiger partial charge in [-0.2, -0.15) is 0 Å². The molecule has 1 aromatic heterocycles. The van der Waals surface area contributed by atoms with Crippen LogP contribution in [0.1, 0.15) is 36.5 Å². The maximum atomic E-state index is 12.1. The lowest BCUT2D eigenvalue weighted by Gasteiger charge is -2.11. The van der Waals surface area contributed by atoms with Crippen LogP contribution in [0.5, 0.6) is 0 Å². The molecule has 2 aromatic rings. The molecule has 4 heteroatoms. The fraction of sp³-hybridized carbons (Fsp3) is 0.333. The first-order valence-corrected chi connectivity index (χ1v) is 6.50. The molecule has 0 saturated carbocycles. The van der Waals surface area contributed by atoms with Crippen molar-refractivity contribution in [2.45, 2.75) is 32.7 Å². The van der Waals surface area contributed by atoms with Crippen LogP contribution >= 0.6 is 0 Å². The van der Waals surface area contributed by atoms with Gasteiger partial charge in [-0.3, -0.25) is 4.79 Å². The highest BCUT2D eigenvalue weighted by molar-refractivity contribution is 5.92. The molecule has 0 amide bonds. The van der Waals surface area contributed by atoms with Gasteiger partial charge >= 0.3 is 5.97 Å². The van der Waals surface area contributed by atoms with E-state index >= 15 is 0 Å². The van der Waals surface area contributed by atoms with Crippen LogP contribution in [0.3, 0.4) is 0 Å². The summed E-state index contributed by atoms with van der Waals surface area (Å²) in [6, 6.07) is 7.15. The average Bonchev–Trinajstić information content (AvgIpc) is 2.41. The number of carboxylic acid groups (broad SMARTS) is 1. The molecule has 19 heavy (non-hydrogen) atoms. The largest absolute Gasteiger partial charge is 0.477 e. The number of para-hydroxylation sites is 1. The predicted octanol–water partition coefficient (Wildman–Crippen LogP) is 2.89. The fourth-order valence-electron chi connectivity index (χ4n) is 2.21. The van der Waals surface area contributed by atoms with E-state index < -0.39 is 11.4 Å². The smallest absolute Gasteiger partial charge is 0.341 e. The second-order valence-corrected chi connectivity index (χ2v) is 4.59. The van der Waals surface area contributed by atoms with E-state index in [1.165, 1.54) is 6.20 Å². The van der Waals surface area contributed by atoms with Gasteiger partial charge in [-0.25, -0.2) is 4.79 Å². The van der Waals surface area contributed by atoms with Gasteiger partial charge in [-0.05, 0) is 18.6 Å². The van der Waals surface area contributed by atoms with Crippen LogP contribution in [-0.4, -0.2) is 15.6 Å². The molecule has 0 spiro atoms. The molecular formula is C15H17NO3. The number of aryl methyl sites for hydroxylation is 1. The number of hydrogen-bond donors (Lipinski definition) is 1. The Hall–Kier alpha value is -2.10. The Kier molecular flexibility index (Phi) is 4.00. The molecule has 0 unspecified atom stereocenters. The predicted molar refractivity (Wildman–Crippen MR) is 74.7 cm³/mol. The van der Waals surface area contributed by atoms with Crippen LogP contribution in [0, 0.1) is 0 Å². The van der Waals surface area contributed by atoms with Crippen molar-refractivity contribution in [2.24, 2.45) is 0 Å². The van der Waals surface area contributed by atoms with Crippen LogP contribution < -0.4 is 5.43 Å². The summed E-state index contributed by atoms with van der Waals surface area (Å²) >= 11 is 0. The minimum absolute atomic E-state index is 0.157. The first kappa shape index (κ1) is 13.3. The number of benzene rings is 1. The van der Waals surface area contributed by atoms with Crippen molar-refractivity contribution >= 4 is 16.9 Å². The van der Waals surface area contributed by atoms with Gasteiger partial charge in [0.15, 0.2) is 0 Å². The Morgan fingerprint density at radius 2 is 2.00 bits per heavy atom. The third kappa shape index (κ3) is 2.67. The number of unbranched alkanes of at least 4 members (excludes halogenated alkanes) is 2. The van der Waals surface area contributed by atoms with Gasteiger partial charge in [-0.1, -0.05) is 31.9 Å². The summed E-state index contributed by atoms with van der Waals surface area (Å²) in [4.78, 5) is 23.2. The third-order valence-corrected chi connectivity index (χ3v) is 3.22. The van der Waals surface area contributed by atoms with Gasteiger partial charge in [0.25, 0.3) is 0 Å². The van der Waals surface area contributed by atoms with E-state index in [1.807, 2.05) is 16.7 Å². The SMILES string of the molecule is CCCCCn1cc(C(=O)O)c(=O)c2ccccc21. The standard InChI is InChI=1S/C15H17NO3/c1-2-3-6-9-16-10-12(15(18)19)14(17)11-7-4-5-8-13(11)16/h4-5,7-8,10H,2-3,6,9H2,1H3,(H,18,19). The number of rotatable bonds is 5. The second-order valence-electron chi connectivity index (χ2n) is 4.59. The zero-order valence-corrected chi connectivity index (χ0v) is 10.9. The third-order valence-electron chi connectivity index (χ3n) is 3.22. The van der Waals surface area contributed by atoms with Crippen LogP contribution in [-0.2, 0) is 6.54 Å². The molecule has 100 valence electrons. The van der Waals surface area contributed by atoms with Crippen molar-refractivity contribution < 1.29 is 9.90 Å². The lowest BCUT2D eigenvalue weighted by atomic mass is 10.1. The Morgan fingerprint density at radius 3 is 2.68 bits per heavy atom. The monoisotopic (exact) mass is 259 g/mol. The molecule has 4 nitrogen and oxygen atoms in total. The fourth-order valence-corrected chi connectivity index (χ4v) is 2.21.